The van der Waals surface area contributed by atoms with Gasteiger partial charge in [-0.25, -0.2) is 0 Å². The van der Waals surface area contributed by atoms with Crippen LogP contribution in [-0.4, -0.2) is 29.5 Å². The zero-order valence-electron chi connectivity index (χ0n) is 16.2. The van der Waals surface area contributed by atoms with Crippen LogP contribution in [0, 0.1) is 0 Å². The molecule has 2 aromatic carbocycles. The molecule has 2 heterocycles. The summed E-state index contributed by atoms with van der Waals surface area (Å²) in [6, 6.07) is 14.2. The van der Waals surface area contributed by atoms with E-state index in [9.17, 15) is 18.3 Å². The molecule has 2 N–H and O–H groups in total. The van der Waals surface area contributed by atoms with Gasteiger partial charge in [0.05, 0.1) is 5.56 Å². The molecule has 0 saturated carbocycles. The van der Waals surface area contributed by atoms with Crippen LogP contribution in [0.1, 0.15) is 11.1 Å². The lowest BCUT2D eigenvalue weighted by Gasteiger charge is -2.14. The standard InChI is InChI=1S/C22H19F3N2O3S/c23-22(24,25)16-6-4-14(5-7-16)11-26-12-17(28)13-29-18-3-1-2-15(10-18)20-21-19(30-27-20)8-9-31-21/h1-10,17,26,28H,11-13H2. The van der Waals surface area contributed by atoms with Gasteiger partial charge in [0, 0.05) is 18.7 Å². The van der Waals surface area contributed by atoms with Gasteiger partial charge in [0.2, 0.25) is 0 Å². The SMILES string of the molecule is OC(CNCc1ccc(C(F)(F)F)cc1)COc1cccc(-c2noc3ccsc23)c1. The number of ether oxygens (including phenoxy) is 1. The molecule has 2 aromatic heterocycles. The third-order valence-corrected chi connectivity index (χ3v) is 5.52. The van der Waals surface area contributed by atoms with E-state index in [1.807, 2.05) is 29.6 Å². The predicted octanol–water partition coefficient (Wildman–Crippen LogP) is 5.10. The summed E-state index contributed by atoms with van der Waals surface area (Å²) in [5.74, 6) is 0.590. The number of halogens is 3. The summed E-state index contributed by atoms with van der Waals surface area (Å²) in [5.41, 5.74) is 2.35. The summed E-state index contributed by atoms with van der Waals surface area (Å²) < 4.78 is 49.7. The summed E-state index contributed by atoms with van der Waals surface area (Å²) in [6.07, 6.45) is -5.13. The summed E-state index contributed by atoms with van der Waals surface area (Å²) >= 11 is 1.55. The lowest BCUT2D eigenvalue weighted by molar-refractivity contribution is -0.137. The van der Waals surface area contributed by atoms with Gasteiger partial charge < -0.3 is 19.7 Å². The van der Waals surface area contributed by atoms with Crippen LogP contribution in [0.15, 0.2) is 64.5 Å². The first-order valence-electron chi connectivity index (χ1n) is 9.51. The Balaban J connectivity index is 1.26. The van der Waals surface area contributed by atoms with Gasteiger partial charge in [0.15, 0.2) is 5.58 Å². The third kappa shape index (κ3) is 5.25. The van der Waals surface area contributed by atoms with E-state index >= 15 is 0 Å². The van der Waals surface area contributed by atoms with E-state index in [0.717, 1.165) is 33.7 Å². The Morgan fingerprint density at radius 2 is 1.94 bits per heavy atom. The molecule has 0 bridgehead atoms. The normalized spacial score (nSPS) is 12.9. The molecule has 0 saturated heterocycles. The number of hydrogen-bond acceptors (Lipinski definition) is 6. The van der Waals surface area contributed by atoms with Crippen LogP contribution in [0.4, 0.5) is 13.2 Å². The molecular formula is C22H19F3N2O3S. The summed E-state index contributed by atoms with van der Waals surface area (Å²) in [5, 5.41) is 19.2. The maximum Gasteiger partial charge on any atom is 0.416 e. The van der Waals surface area contributed by atoms with Crippen molar-refractivity contribution in [2.45, 2.75) is 18.8 Å². The molecule has 1 unspecified atom stereocenters. The van der Waals surface area contributed by atoms with E-state index in [2.05, 4.69) is 10.5 Å². The lowest BCUT2D eigenvalue weighted by Crippen LogP contribution is -2.31. The maximum atomic E-state index is 12.6. The summed E-state index contributed by atoms with van der Waals surface area (Å²) in [6.45, 7) is 0.643. The van der Waals surface area contributed by atoms with E-state index in [-0.39, 0.29) is 13.2 Å². The van der Waals surface area contributed by atoms with Crippen molar-refractivity contribution in [3.63, 3.8) is 0 Å². The summed E-state index contributed by atoms with van der Waals surface area (Å²) in [4.78, 5) is 0. The quantitative estimate of drug-likeness (QED) is 0.392. The molecule has 1 atom stereocenters. The van der Waals surface area contributed by atoms with Crippen LogP contribution in [-0.2, 0) is 12.7 Å². The Kier molecular flexibility index (Phi) is 6.26. The molecule has 5 nitrogen and oxygen atoms in total. The second-order valence-electron chi connectivity index (χ2n) is 6.96. The zero-order valence-corrected chi connectivity index (χ0v) is 17.0. The van der Waals surface area contributed by atoms with Gasteiger partial charge in [-0.3, -0.25) is 0 Å². The van der Waals surface area contributed by atoms with Crippen molar-refractivity contribution in [3.05, 3.63) is 71.1 Å². The highest BCUT2D eigenvalue weighted by Crippen LogP contribution is 2.33. The Labute approximate surface area is 180 Å². The smallest absolute Gasteiger partial charge is 0.416 e. The first kappa shape index (κ1) is 21.4. The predicted molar refractivity (Wildman–Crippen MR) is 112 cm³/mol. The Hall–Kier alpha value is -2.88. The maximum absolute atomic E-state index is 12.6. The van der Waals surface area contributed by atoms with Gasteiger partial charge in [-0.15, -0.1) is 11.3 Å². The average Bonchev–Trinajstić information content (AvgIpc) is 3.36. The van der Waals surface area contributed by atoms with Crippen LogP contribution < -0.4 is 10.1 Å². The molecule has 31 heavy (non-hydrogen) atoms. The largest absolute Gasteiger partial charge is 0.491 e. The van der Waals surface area contributed by atoms with Crippen molar-refractivity contribution in [2.24, 2.45) is 0 Å². The first-order valence-corrected chi connectivity index (χ1v) is 10.4. The molecule has 0 fully saturated rings. The fourth-order valence-corrected chi connectivity index (χ4v) is 3.86. The van der Waals surface area contributed by atoms with Crippen molar-refractivity contribution in [1.29, 1.82) is 0 Å². The monoisotopic (exact) mass is 448 g/mol. The Morgan fingerprint density at radius 3 is 2.71 bits per heavy atom. The van der Waals surface area contributed by atoms with Crippen molar-refractivity contribution in [1.82, 2.24) is 10.5 Å². The van der Waals surface area contributed by atoms with E-state index in [1.54, 1.807) is 17.4 Å². The number of thiophene rings is 1. The molecule has 162 valence electrons. The van der Waals surface area contributed by atoms with Crippen molar-refractivity contribution in [2.75, 3.05) is 13.2 Å². The van der Waals surface area contributed by atoms with Crippen molar-refractivity contribution in [3.8, 4) is 17.0 Å². The fourth-order valence-electron chi connectivity index (χ4n) is 3.04. The minimum absolute atomic E-state index is 0.0662. The molecule has 0 aliphatic rings. The number of aromatic nitrogens is 1. The second kappa shape index (κ2) is 9.09. The van der Waals surface area contributed by atoms with Gasteiger partial charge >= 0.3 is 6.18 Å². The van der Waals surface area contributed by atoms with Crippen LogP contribution >= 0.6 is 11.3 Å². The number of nitrogens with one attached hydrogen (secondary N) is 1. The zero-order chi connectivity index (χ0) is 21.8. The Morgan fingerprint density at radius 1 is 1.13 bits per heavy atom. The van der Waals surface area contributed by atoms with E-state index in [0.29, 0.717) is 17.9 Å². The number of hydrogen-bond donors (Lipinski definition) is 2. The fraction of sp³-hybridized carbons (Fsp3) is 0.227. The minimum atomic E-state index is -4.35. The average molecular weight is 448 g/mol. The Bertz CT molecular complexity index is 1140. The number of rotatable bonds is 8. The van der Waals surface area contributed by atoms with Gasteiger partial charge in [-0.2, -0.15) is 13.2 Å². The molecule has 0 spiro atoms. The first-order chi connectivity index (χ1) is 14.9. The van der Waals surface area contributed by atoms with E-state index in [1.165, 1.54) is 12.1 Å². The van der Waals surface area contributed by atoms with Crippen LogP contribution in [0.5, 0.6) is 5.75 Å². The molecule has 0 aliphatic heterocycles. The molecule has 0 amide bonds. The number of fused-ring (bicyclic) bond motifs is 1. The molecule has 4 rings (SSSR count). The van der Waals surface area contributed by atoms with Gasteiger partial charge in [0.1, 0.15) is 28.9 Å². The molecule has 0 aliphatic carbocycles. The van der Waals surface area contributed by atoms with E-state index < -0.39 is 17.8 Å². The molecular weight excluding hydrogens is 429 g/mol. The highest BCUT2D eigenvalue weighted by atomic mass is 32.1. The van der Waals surface area contributed by atoms with Crippen LogP contribution in [0.3, 0.4) is 0 Å². The number of nitrogens with zero attached hydrogens (tertiary/aromatic N) is 1. The van der Waals surface area contributed by atoms with E-state index in [4.69, 9.17) is 9.26 Å². The van der Waals surface area contributed by atoms with Gasteiger partial charge in [-0.05, 0) is 41.3 Å². The highest BCUT2D eigenvalue weighted by molar-refractivity contribution is 7.17. The topological polar surface area (TPSA) is 67.5 Å². The number of aliphatic hydroxyl groups excluding tert-OH is 1. The lowest BCUT2D eigenvalue weighted by atomic mass is 10.1. The second-order valence-corrected chi connectivity index (χ2v) is 7.88. The molecule has 4 aromatic rings. The number of alkyl halides is 3. The highest BCUT2D eigenvalue weighted by Gasteiger charge is 2.29. The van der Waals surface area contributed by atoms with Gasteiger partial charge in [0.25, 0.3) is 0 Å². The van der Waals surface area contributed by atoms with Crippen LogP contribution in [0.2, 0.25) is 0 Å². The third-order valence-electron chi connectivity index (χ3n) is 4.62. The van der Waals surface area contributed by atoms with Crippen LogP contribution in [0.25, 0.3) is 21.5 Å². The molecule has 0 radical (unpaired) electrons. The molecule has 9 heteroatoms. The minimum Gasteiger partial charge on any atom is -0.491 e. The van der Waals surface area contributed by atoms with Crippen molar-refractivity contribution >= 4 is 21.6 Å². The van der Waals surface area contributed by atoms with Crippen molar-refractivity contribution < 1.29 is 27.5 Å². The number of benzene rings is 2. The summed E-state index contributed by atoms with van der Waals surface area (Å²) in [7, 11) is 0. The number of aliphatic hydroxyl groups is 1. The van der Waals surface area contributed by atoms with Gasteiger partial charge in [-0.1, -0.05) is 29.4 Å².